The fraction of sp³-hybridized carbons (Fsp3) is 0.700. The van der Waals surface area contributed by atoms with E-state index < -0.39 is 0 Å². The normalized spacial score (nSPS) is 18.4. The summed E-state index contributed by atoms with van der Waals surface area (Å²) in [5, 5.41) is 3.73. The first-order valence-electron chi connectivity index (χ1n) is 8.85. The number of benzene rings is 1. The molecule has 1 heteroatoms. The van der Waals surface area contributed by atoms with Gasteiger partial charge >= 0.3 is 0 Å². The highest BCUT2D eigenvalue weighted by atomic mass is 14.9. The molecule has 1 aromatic carbocycles. The zero-order chi connectivity index (χ0) is 15.3. The van der Waals surface area contributed by atoms with E-state index in [0.29, 0.717) is 11.3 Å². The van der Waals surface area contributed by atoms with E-state index >= 15 is 0 Å². The van der Waals surface area contributed by atoms with Crippen molar-refractivity contribution in [1.82, 2.24) is 5.32 Å². The third kappa shape index (κ3) is 4.32. The van der Waals surface area contributed by atoms with E-state index in [9.17, 15) is 0 Å². The van der Waals surface area contributed by atoms with Gasteiger partial charge in [0.2, 0.25) is 0 Å². The Labute approximate surface area is 131 Å². The molecular weight excluding hydrogens is 254 g/mol. The Hall–Kier alpha value is -0.820. The van der Waals surface area contributed by atoms with Crippen molar-refractivity contribution in [3.63, 3.8) is 0 Å². The van der Waals surface area contributed by atoms with Gasteiger partial charge in [0.25, 0.3) is 0 Å². The second kappa shape index (κ2) is 7.45. The smallest absolute Gasteiger partial charge is 0.00777 e. The molecular formula is C20H33N. The quantitative estimate of drug-likeness (QED) is 0.752. The molecule has 1 N–H and O–H groups in total. The summed E-state index contributed by atoms with van der Waals surface area (Å²) in [7, 11) is 0. The fourth-order valence-corrected chi connectivity index (χ4v) is 3.62. The highest BCUT2D eigenvalue weighted by molar-refractivity contribution is 5.31. The monoisotopic (exact) mass is 287 g/mol. The van der Waals surface area contributed by atoms with Crippen molar-refractivity contribution in [2.24, 2.45) is 5.92 Å². The molecule has 0 radical (unpaired) electrons. The Kier molecular flexibility index (Phi) is 5.87. The molecule has 0 amide bonds. The Bertz CT molecular complexity index is 410. The summed E-state index contributed by atoms with van der Waals surface area (Å²) < 4.78 is 0. The molecule has 1 aromatic rings. The third-order valence-electron chi connectivity index (χ3n) is 5.02. The molecule has 0 unspecified atom stereocenters. The molecule has 1 aliphatic rings. The van der Waals surface area contributed by atoms with Crippen molar-refractivity contribution in [2.45, 2.75) is 71.1 Å². The minimum absolute atomic E-state index is 0.378. The van der Waals surface area contributed by atoms with Gasteiger partial charge in [-0.3, -0.25) is 0 Å². The van der Waals surface area contributed by atoms with Crippen LogP contribution < -0.4 is 5.32 Å². The van der Waals surface area contributed by atoms with Crippen LogP contribution in [0.2, 0.25) is 0 Å². The van der Waals surface area contributed by atoms with Crippen LogP contribution in [0.1, 0.15) is 76.8 Å². The van der Waals surface area contributed by atoms with Gasteiger partial charge in [-0.05, 0) is 42.3 Å². The Morgan fingerprint density at radius 1 is 0.952 bits per heavy atom. The molecule has 21 heavy (non-hydrogen) atoms. The first-order valence-corrected chi connectivity index (χ1v) is 8.85. The van der Waals surface area contributed by atoms with Crippen LogP contribution in [0.3, 0.4) is 0 Å². The summed E-state index contributed by atoms with van der Waals surface area (Å²) in [6.45, 7) is 11.4. The van der Waals surface area contributed by atoms with Crippen LogP contribution in [-0.4, -0.2) is 13.1 Å². The van der Waals surface area contributed by atoms with Gasteiger partial charge in [-0.2, -0.15) is 0 Å². The van der Waals surface area contributed by atoms with Crippen molar-refractivity contribution in [1.29, 1.82) is 0 Å². The molecule has 1 saturated carbocycles. The minimum atomic E-state index is 0.378. The maximum absolute atomic E-state index is 3.73. The lowest BCUT2D eigenvalue weighted by atomic mass is 9.69. The van der Waals surface area contributed by atoms with E-state index in [4.69, 9.17) is 0 Å². The van der Waals surface area contributed by atoms with Gasteiger partial charge in [0.15, 0.2) is 0 Å². The van der Waals surface area contributed by atoms with Gasteiger partial charge in [0.05, 0.1) is 0 Å². The average Bonchev–Trinajstić information content (AvgIpc) is 2.48. The number of rotatable bonds is 6. The molecule has 2 rings (SSSR count). The van der Waals surface area contributed by atoms with Crippen LogP contribution in [0.4, 0.5) is 0 Å². The Balaban J connectivity index is 2.14. The summed E-state index contributed by atoms with van der Waals surface area (Å²) in [6, 6.07) is 9.49. The van der Waals surface area contributed by atoms with Crippen molar-refractivity contribution >= 4 is 0 Å². The largest absolute Gasteiger partial charge is 0.316 e. The summed E-state index contributed by atoms with van der Waals surface area (Å²) in [5.74, 6) is 1.36. The molecule has 0 bridgehead atoms. The van der Waals surface area contributed by atoms with Crippen LogP contribution in [0.15, 0.2) is 24.3 Å². The Morgan fingerprint density at radius 3 is 2.10 bits per heavy atom. The average molecular weight is 287 g/mol. The summed E-state index contributed by atoms with van der Waals surface area (Å²) >= 11 is 0. The standard InChI is InChI=1S/C20H33N/c1-16(2)14-21-15-20(12-6-5-7-13-20)19-10-8-18(9-11-19)17(3)4/h8-11,16-17,21H,5-7,12-15H2,1-4H3. The molecule has 118 valence electrons. The highest BCUT2D eigenvalue weighted by Crippen LogP contribution is 2.39. The maximum atomic E-state index is 3.73. The molecule has 0 heterocycles. The fourth-order valence-electron chi connectivity index (χ4n) is 3.62. The summed E-state index contributed by atoms with van der Waals surface area (Å²) in [4.78, 5) is 0. The molecule has 0 aliphatic heterocycles. The third-order valence-corrected chi connectivity index (χ3v) is 5.02. The van der Waals surface area contributed by atoms with Gasteiger partial charge in [-0.15, -0.1) is 0 Å². The van der Waals surface area contributed by atoms with Crippen LogP contribution in [0, 0.1) is 5.92 Å². The van der Waals surface area contributed by atoms with Crippen molar-refractivity contribution in [3.8, 4) is 0 Å². The van der Waals surface area contributed by atoms with E-state index in [1.54, 1.807) is 5.56 Å². The summed E-state index contributed by atoms with van der Waals surface area (Å²) in [6.07, 6.45) is 6.87. The van der Waals surface area contributed by atoms with Gasteiger partial charge in [-0.25, -0.2) is 0 Å². The molecule has 1 nitrogen and oxygen atoms in total. The predicted molar refractivity (Wildman–Crippen MR) is 93.0 cm³/mol. The first-order chi connectivity index (χ1) is 10.0. The number of hydrogen-bond acceptors (Lipinski definition) is 1. The van der Waals surface area contributed by atoms with E-state index in [1.807, 2.05) is 0 Å². The van der Waals surface area contributed by atoms with E-state index in [0.717, 1.165) is 19.0 Å². The number of nitrogens with one attached hydrogen (secondary N) is 1. The van der Waals surface area contributed by atoms with Gasteiger partial charge < -0.3 is 5.32 Å². The molecule has 1 fully saturated rings. The lowest BCUT2D eigenvalue weighted by Gasteiger charge is -2.38. The van der Waals surface area contributed by atoms with Crippen molar-refractivity contribution in [2.75, 3.05) is 13.1 Å². The molecule has 0 aromatic heterocycles. The van der Waals surface area contributed by atoms with Crippen molar-refractivity contribution in [3.05, 3.63) is 35.4 Å². The lowest BCUT2D eigenvalue weighted by molar-refractivity contribution is 0.276. The maximum Gasteiger partial charge on any atom is 0.00777 e. The van der Waals surface area contributed by atoms with Crippen LogP contribution in [0.5, 0.6) is 0 Å². The molecule has 0 saturated heterocycles. The second-order valence-corrected chi connectivity index (χ2v) is 7.64. The van der Waals surface area contributed by atoms with Crippen molar-refractivity contribution < 1.29 is 0 Å². The SMILES string of the molecule is CC(C)CNCC1(c2ccc(C(C)C)cc2)CCCCC1. The molecule has 1 aliphatic carbocycles. The molecule has 0 spiro atoms. The first kappa shape index (κ1) is 16.5. The lowest BCUT2D eigenvalue weighted by Crippen LogP contribution is -2.41. The van der Waals surface area contributed by atoms with Gasteiger partial charge in [0, 0.05) is 12.0 Å². The summed E-state index contributed by atoms with van der Waals surface area (Å²) in [5.41, 5.74) is 3.39. The van der Waals surface area contributed by atoms with E-state index in [-0.39, 0.29) is 0 Å². The van der Waals surface area contributed by atoms with E-state index in [2.05, 4.69) is 57.3 Å². The van der Waals surface area contributed by atoms with Crippen LogP contribution in [0.25, 0.3) is 0 Å². The molecule has 0 atom stereocenters. The van der Waals surface area contributed by atoms with Crippen LogP contribution in [-0.2, 0) is 5.41 Å². The predicted octanol–water partition coefficient (Wildman–Crippen LogP) is 5.26. The second-order valence-electron chi connectivity index (χ2n) is 7.64. The topological polar surface area (TPSA) is 12.0 Å². The van der Waals surface area contributed by atoms with E-state index in [1.165, 1.54) is 37.7 Å². The number of hydrogen-bond donors (Lipinski definition) is 1. The van der Waals surface area contributed by atoms with Gasteiger partial charge in [0.1, 0.15) is 0 Å². The van der Waals surface area contributed by atoms with Crippen LogP contribution >= 0.6 is 0 Å². The van der Waals surface area contributed by atoms with Gasteiger partial charge in [-0.1, -0.05) is 71.2 Å². The minimum Gasteiger partial charge on any atom is -0.316 e. The zero-order valence-corrected chi connectivity index (χ0v) is 14.4. The zero-order valence-electron chi connectivity index (χ0n) is 14.4. The Morgan fingerprint density at radius 2 is 1.57 bits per heavy atom. The highest BCUT2D eigenvalue weighted by Gasteiger charge is 2.33.